The van der Waals surface area contributed by atoms with Gasteiger partial charge in [-0.1, -0.05) is 0 Å². The van der Waals surface area contributed by atoms with Crippen molar-refractivity contribution in [1.29, 1.82) is 0 Å². The number of nitro groups is 1. The number of halogens is 1. The smallest absolute Gasteiger partial charge is 0.282 e. The first kappa shape index (κ1) is 13.5. The number of hydrogen-bond donors (Lipinski definition) is 1. The fraction of sp³-hybridized carbons (Fsp3) is 0.500. The fourth-order valence-corrected chi connectivity index (χ4v) is 2.98. The van der Waals surface area contributed by atoms with Crippen LogP contribution in [0.4, 0.5) is 11.4 Å². The van der Waals surface area contributed by atoms with E-state index >= 15 is 0 Å². The molecule has 5 nitrogen and oxygen atoms in total. The molecule has 1 atom stereocenters. The van der Waals surface area contributed by atoms with Gasteiger partial charge in [-0.05, 0) is 54.6 Å². The number of anilines is 1. The zero-order valence-corrected chi connectivity index (χ0v) is 12.4. The number of nitro benzene ring substituents is 1. The van der Waals surface area contributed by atoms with Crippen LogP contribution in [0, 0.1) is 13.7 Å². The van der Waals surface area contributed by atoms with Crippen molar-refractivity contribution >= 4 is 34.0 Å². The molecule has 1 N–H and O–H groups in total. The van der Waals surface area contributed by atoms with Gasteiger partial charge in [0.2, 0.25) is 0 Å². The van der Waals surface area contributed by atoms with Crippen molar-refractivity contribution in [2.45, 2.75) is 18.9 Å². The van der Waals surface area contributed by atoms with Crippen LogP contribution in [0.2, 0.25) is 0 Å². The molecule has 0 radical (unpaired) electrons. The van der Waals surface area contributed by atoms with E-state index in [1.807, 2.05) is 41.8 Å². The molecule has 0 aliphatic carbocycles. The second-order valence-electron chi connectivity index (χ2n) is 4.47. The van der Waals surface area contributed by atoms with Crippen LogP contribution < -0.4 is 10.2 Å². The van der Waals surface area contributed by atoms with Crippen LogP contribution in [0.3, 0.4) is 0 Å². The van der Waals surface area contributed by atoms with Gasteiger partial charge in [-0.15, -0.1) is 0 Å². The second kappa shape index (κ2) is 5.83. The Morgan fingerprint density at radius 1 is 1.56 bits per heavy atom. The maximum Gasteiger partial charge on any atom is 0.282 e. The van der Waals surface area contributed by atoms with E-state index in [1.165, 1.54) is 6.42 Å². The van der Waals surface area contributed by atoms with Crippen LogP contribution in [0.15, 0.2) is 18.2 Å². The summed E-state index contributed by atoms with van der Waals surface area (Å²) < 4.78 is 0.696. The molecule has 1 aromatic carbocycles. The van der Waals surface area contributed by atoms with E-state index in [1.54, 1.807) is 6.07 Å². The highest BCUT2D eigenvalue weighted by Gasteiger charge is 2.20. The summed E-state index contributed by atoms with van der Waals surface area (Å²) in [6, 6.07) is 5.85. The van der Waals surface area contributed by atoms with Crippen LogP contribution in [-0.2, 0) is 0 Å². The van der Waals surface area contributed by atoms with Crippen molar-refractivity contribution < 1.29 is 4.92 Å². The first-order valence-electron chi connectivity index (χ1n) is 5.98. The first-order chi connectivity index (χ1) is 8.61. The van der Waals surface area contributed by atoms with Gasteiger partial charge in [-0.3, -0.25) is 10.1 Å². The molecular weight excluding hydrogens is 345 g/mol. The van der Waals surface area contributed by atoms with Crippen molar-refractivity contribution in [3.05, 3.63) is 31.9 Å². The topological polar surface area (TPSA) is 58.4 Å². The Labute approximate surface area is 120 Å². The summed E-state index contributed by atoms with van der Waals surface area (Å²) in [4.78, 5) is 12.7. The van der Waals surface area contributed by atoms with E-state index in [0.29, 0.717) is 9.61 Å². The number of benzene rings is 1. The zero-order valence-electron chi connectivity index (χ0n) is 10.2. The molecule has 0 aromatic heterocycles. The van der Waals surface area contributed by atoms with E-state index in [4.69, 9.17) is 0 Å². The third-order valence-corrected chi connectivity index (χ3v) is 4.19. The summed E-state index contributed by atoms with van der Waals surface area (Å²) in [5.74, 6) is 0. The Morgan fingerprint density at radius 3 is 2.94 bits per heavy atom. The molecule has 0 saturated carbocycles. The van der Waals surface area contributed by atoms with Crippen LogP contribution in [0.25, 0.3) is 0 Å². The van der Waals surface area contributed by atoms with E-state index in [-0.39, 0.29) is 10.6 Å². The quantitative estimate of drug-likeness (QED) is 0.510. The highest BCUT2D eigenvalue weighted by Crippen LogP contribution is 2.27. The Hall–Kier alpha value is -0.890. The van der Waals surface area contributed by atoms with Crippen LogP contribution >= 0.6 is 22.6 Å². The summed E-state index contributed by atoms with van der Waals surface area (Å²) in [5, 5.41) is 14.1. The molecule has 1 heterocycles. The van der Waals surface area contributed by atoms with Crippen LogP contribution in [0.1, 0.15) is 12.8 Å². The minimum Gasteiger partial charge on any atom is -0.370 e. The molecule has 1 unspecified atom stereocenters. The summed E-state index contributed by atoms with van der Waals surface area (Å²) in [6.07, 6.45) is 2.34. The lowest BCUT2D eigenvalue weighted by atomic mass is 10.1. The van der Waals surface area contributed by atoms with Gasteiger partial charge < -0.3 is 10.2 Å². The van der Waals surface area contributed by atoms with Gasteiger partial charge in [0, 0.05) is 30.9 Å². The molecule has 98 valence electrons. The van der Waals surface area contributed by atoms with Gasteiger partial charge in [-0.25, -0.2) is 0 Å². The monoisotopic (exact) mass is 361 g/mol. The number of likely N-dealkylation sites (N-methyl/N-ethyl adjacent to an activating group) is 1. The number of piperidine rings is 1. The average molecular weight is 361 g/mol. The van der Waals surface area contributed by atoms with Crippen molar-refractivity contribution in [3.63, 3.8) is 0 Å². The molecule has 1 aliphatic rings. The van der Waals surface area contributed by atoms with Crippen molar-refractivity contribution in [3.8, 4) is 0 Å². The van der Waals surface area contributed by atoms with Gasteiger partial charge >= 0.3 is 0 Å². The molecule has 1 fully saturated rings. The lowest BCUT2D eigenvalue weighted by Gasteiger charge is -2.34. The molecule has 1 aliphatic heterocycles. The molecule has 0 amide bonds. The Balaban J connectivity index is 2.18. The Bertz CT molecular complexity index is 453. The molecule has 6 heteroatoms. The molecule has 1 aromatic rings. The van der Waals surface area contributed by atoms with Crippen LogP contribution in [0.5, 0.6) is 0 Å². The Kier molecular flexibility index (Phi) is 4.39. The Morgan fingerprint density at radius 2 is 2.33 bits per heavy atom. The SMILES string of the molecule is CNC1CCCN(c2ccc([N+](=O)[O-])c(I)c2)C1. The minimum atomic E-state index is -0.335. The minimum absolute atomic E-state index is 0.182. The third-order valence-electron chi connectivity index (χ3n) is 3.32. The highest BCUT2D eigenvalue weighted by molar-refractivity contribution is 14.1. The lowest BCUT2D eigenvalue weighted by Crippen LogP contribution is -2.44. The van der Waals surface area contributed by atoms with Gasteiger partial charge in [0.15, 0.2) is 0 Å². The molecule has 1 saturated heterocycles. The highest BCUT2D eigenvalue weighted by atomic mass is 127. The predicted octanol–water partition coefficient (Wildman–Crippen LogP) is 2.39. The molecule has 2 rings (SSSR count). The molecule has 0 spiro atoms. The average Bonchev–Trinajstić information content (AvgIpc) is 2.38. The van der Waals surface area contributed by atoms with E-state index in [0.717, 1.165) is 25.2 Å². The van der Waals surface area contributed by atoms with Gasteiger partial charge in [-0.2, -0.15) is 0 Å². The first-order valence-corrected chi connectivity index (χ1v) is 7.06. The number of nitrogens with one attached hydrogen (secondary N) is 1. The number of rotatable bonds is 3. The van der Waals surface area contributed by atoms with E-state index in [9.17, 15) is 10.1 Å². The zero-order chi connectivity index (χ0) is 13.1. The lowest BCUT2D eigenvalue weighted by molar-refractivity contribution is -0.385. The van der Waals surface area contributed by atoms with Gasteiger partial charge in [0.05, 0.1) is 8.49 Å². The fourth-order valence-electron chi connectivity index (χ4n) is 2.29. The summed E-state index contributed by atoms with van der Waals surface area (Å²) in [5.41, 5.74) is 1.26. The summed E-state index contributed by atoms with van der Waals surface area (Å²) >= 11 is 2.03. The molecular formula is C12H16IN3O2. The molecule has 0 bridgehead atoms. The third kappa shape index (κ3) is 2.92. The normalized spacial score (nSPS) is 19.9. The number of hydrogen-bond acceptors (Lipinski definition) is 4. The maximum atomic E-state index is 10.8. The summed E-state index contributed by atoms with van der Waals surface area (Å²) in [6.45, 7) is 1.98. The van der Waals surface area contributed by atoms with Crippen LogP contribution in [-0.4, -0.2) is 31.1 Å². The standard InChI is InChI=1S/C12H16IN3O2/c1-14-9-3-2-6-15(8-9)10-4-5-12(16(17)18)11(13)7-10/h4-5,7,9,14H,2-3,6,8H2,1H3. The summed E-state index contributed by atoms with van der Waals surface area (Å²) in [7, 11) is 1.98. The van der Waals surface area contributed by atoms with E-state index in [2.05, 4.69) is 10.2 Å². The van der Waals surface area contributed by atoms with Crippen molar-refractivity contribution in [1.82, 2.24) is 5.32 Å². The van der Waals surface area contributed by atoms with Crippen molar-refractivity contribution in [2.24, 2.45) is 0 Å². The molecule has 18 heavy (non-hydrogen) atoms. The van der Waals surface area contributed by atoms with Gasteiger partial charge in [0.1, 0.15) is 0 Å². The second-order valence-corrected chi connectivity index (χ2v) is 5.63. The maximum absolute atomic E-state index is 10.8. The predicted molar refractivity (Wildman–Crippen MR) is 80.1 cm³/mol. The van der Waals surface area contributed by atoms with Crippen molar-refractivity contribution in [2.75, 3.05) is 25.0 Å². The van der Waals surface area contributed by atoms with E-state index < -0.39 is 0 Å². The van der Waals surface area contributed by atoms with Gasteiger partial charge in [0.25, 0.3) is 5.69 Å². The number of nitrogens with zero attached hydrogens (tertiary/aromatic N) is 2. The largest absolute Gasteiger partial charge is 0.370 e.